The van der Waals surface area contributed by atoms with E-state index in [9.17, 15) is 32.8 Å². The van der Waals surface area contributed by atoms with Crippen LogP contribution in [0.1, 0.15) is 36.7 Å². The normalized spacial score (nSPS) is 19.5. The van der Waals surface area contributed by atoms with E-state index in [1.807, 2.05) is 37.3 Å². The van der Waals surface area contributed by atoms with Crippen LogP contribution in [0.25, 0.3) is 11.3 Å². The molecule has 3 aromatic rings. The smallest absolute Gasteiger partial charge is 0.429 e. The SMILES string of the molecule is C[C@H](NC[C@]1(C)COc2c1cc(C(O)(C[N+](=O)[O-])C(F)(F)F)nc2-c1ccc(F)cc1)c1ccccc1. The zero-order valence-electron chi connectivity index (χ0n) is 20.1. The molecular weight excluding hydrogens is 494 g/mol. The molecular formula is C26H25F4N3O4. The number of nitro groups is 1. The highest BCUT2D eigenvalue weighted by atomic mass is 19.4. The van der Waals surface area contributed by atoms with Crippen molar-refractivity contribution in [1.29, 1.82) is 0 Å². The van der Waals surface area contributed by atoms with E-state index in [-0.39, 0.29) is 36.2 Å². The first-order chi connectivity index (χ1) is 17.3. The van der Waals surface area contributed by atoms with Crippen LogP contribution in [0.5, 0.6) is 5.75 Å². The number of benzene rings is 2. The molecule has 37 heavy (non-hydrogen) atoms. The van der Waals surface area contributed by atoms with E-state index in [0.717, 1.165) is 23.8 Å². The van der Waals surface area contributed by atoms with Gasteiger partial charge in [-0.15, -0.1) is 0 Å². The van der Waals surface area contributed by atoms with Crippen LogP contribution in [-0.2, 0) is 11.0 Å². The van der Waals surface area contributed by atoms with Crippen LogP contribution in [0.3, 0.4) is 0 Å². The number of hydrogen-bond donors (Lipinski definition) is 2. The van der Waals surface area contributed by atoms with Gasteiger partial charge in [0.15, 0.2) is 0 Å². The largest absolute Gasteiger partial charge is 0.490 e. The maximum absolute atomic E-state index is 14.0. The Hall–Kier alpha value is -3.57. The molecule has 196 valence electrons. The van der Waals surface area contributed by atoms with Crippen LogP contribution in [0.15, 0.2) is 60.7 Å². The fourth-order valence-electron chi connectivity index (χ4n) is 4.34. The number of pyridine rings is 1. The van der Waals surface area contributed by atoms with Crippen LogP contribution in [0.4, 0.5) is 17.6 Å². The number of fused-ring (bicyclic) bond motifs is 1. The Bertz CT molecular complexity index is 1290. The van der Waals surface area contributed by atoms with E-state index in [0.29, 0.717) is 5.56 Å². The van der Waals surface area contributed by atoms with Gasteiger partial charge >= 0.3 is 6.18 Å². The summed E-state index contributed by atoms with van der Waals surface area (Å²) in [7, 11) is 0. The molecule has 2 heterocycles. The number of alkyl halides is 3. The summed E-state index contributed by atoms with van der Waals surface area (Å²) in [5.74, 6) is -0.390. The molecule has 1 aliphatic heterocycles. The summed E-state index contributed by atoms with van der Waals surface area (Å²) >= 11 is 0. The van der Waals surface area contributed by atoms with Gasteiger partial charge in [0.25, 0.3) is 5.60 Å². The molecule has 0 fully saturated rings. The van der Waals surface area contributed by atoms with E-state index in [1.165, 1.54) is 12.1 Å². The molecule has 7 nitrogen and oxygen atoms in total. The monoisotopic (exact) mass is 519 g/mol. The average Bonchev–Trinajstić information content (AvgIpc) is 3.19. The molecule has 1 aliphatic rings. The van der Waals surface area contributed by atoms with Gasteiger partial charge in [-0.05, 0) is 42.8 Å². The first-order valence-electron chi connectivity index (χ1n) is 11.5. The minimum absolute atomic E-state index is 0.0710. The number of ether oxygens (including phenoxy) is 1. The summed E-state index contributed by atoms with van der Waals surface area (Å²) in [6.45, 7) is 2.25. The van der Waals surface area contributed by atoms with Crippen LogP contribution in [0.2, 0.25) is 0 Å². The number of aliphatic hydroxyl groups is 1. The topological polar surface area (TPSA) is 97.5 Å². The molecule has 2 aromatic carbocycles. The summed E-state index contributed by atoms with van der Waals surface area (Å²) in [6, 6.07) is 15.3. The van der Waals surface area contributed by atoms with Crippen molar-refractivity contribution in [1.82, 2.24) is 10.3 Å². The minimum atomic E-state index is -5.39. The molecule has 2 N–H and O–H groups in total. The van der Waals surface area contributed by atoms with Crippen molar-refractivity contribution in [3.05, 3.63) is 93.4 Å². The number of nitrogens with zero attached hydrogens (tertiary/aromatic N) is 2. The number of aromatic nitrogens is 1. The fourth-order valence-corrected chi connectivity index (χ4v) is 4.34. The van der Waals surface area contributed by atoms with Gasteiger partial charge in [-0.3, -0.25) is 10.1 Å². The lowest BCUT2D eigenvalue weighted by Gasteiger charge is -2.29. The van der Waals surface area contributed by atoms with Gasteiger partial charge in [0.05, 0.1) is 12.3 Å². The maximum Gasteiger partial charge on any atom is 0.429 e. The lowest BCUT2D eigenvalue weighted by Crippen LogP contribution is -2.48. The van der Waals surface area contributed by atoms with Gasteiger partial charge in [0.2, 0.25) is 6.54 Å². The predicted molar refractivity (Wildman–Crippen MR) is 127 cm³/mol. The van der Waals surface area contributed by atoms with Crippen LogP contribution >= 0.6 is 0 Å². The Morgan fingerprint density at radius 2 is 1.84 bits per heavy atom. The second-order valence-corrected chi connectivity index (χ2v) is 9.45. The van der Waals surface area contributed by atoms with Gasteiger partial charge in [-0.2, -0.15) is 13.2 Å². The van der Waals surface area contributed by atoms with Crippen molar-refractivity contribution >= 4 is 0 Å². The third kappa shape index (κ3) is 5.14. The van der Waals surface area contributed by atoms with Gasteiger partial charge in [-0.1, -0.05) is 37.3 Å². The van der Waals surface area contributed by atoms with Crippen molar-refractivity contribution in [2.45, 2.75) is 37.1 Å². The lowest BCUT2D eigenvalue weighted by molar-refractivity contribution is -0.519. The average molecular weight is 519 g/mol. The third-order valence-electron chi connectivity index (χ3n) is 6.62. The zero-order valence-corrected chi connectivity index (χ0v) is 20.1. The molecule has 0 spiro atoms. The van der Waals surface area contributed by atoms with Gasteiger partial charge in [-0.25, -0.2) is 9.37 Å². The zero-order chi connectivity index (χ0) is 27.0. The van der Waals surface area contributed by atoms with Crippen molar-refractivity contribution in [3.63, 3.8) is 0 Å². The standard InChI is InChI=1S/C26H25F4N3O4/c1-16(17-6-4-3-5-7-17)31-13-24(2)15-37-23-20(24)12-21(25(34,14-33(35)36)26(28,29)30)32-22(23)18-8-10-19(27)11-9-18/h3-12,16,31,34H,13-15H2,1-2H3/t16-,24+,25?/m0/s1. The number of nitrogens with one attached hydrogen (secondary N) is 1. The quantitative estimate of drug-likeness (QED) is 0.249. The molecule has 4 rings (SSSR count). The highest BCUT2D eigenvalue weighted by molar-refractivity contribution is 5.71. The Kier molecular flexibility index (Phi) is 6.95. The molecule has 1 unspecified atom stereocenters. The Morgan fingerprint density at radius 1 is 1.19 bits per heavy atom. The van der Waals surface area contributed by atoms with E-state index in [2.05, 4.69) is 10.3 Å². The Labute approximate surface area is 210 Å². The number of hydrogen-bond acceptors (Lipinski definition) is 6. The fraction of sp³-hybridized carbons (Fsp3) is 0.346. The molecule has 3 atom stereocenters. The van der Waals surface area contributed by atoms with E-state index < -0.39 is 40.2 Å². The predicted octanol–water partition coefficient (Wildman–Crippen LogP) is 4.92. The molecule has 0 bridgehead atoms. The van der Waals surface area contributed by atoms with E-state index in [1.54, 1.807) is 6.92 Å². The minimum Gasteiger partial charge on any atom is -0.490 e. The summed E-state index contributed by atoms with van der Waals surface area (Å²) in [5, 5.41) is 25.1. The summed E-state index contributed by atoms with van der Waals surface area (Å²) in [6.07, 6.45) is -5.39. The van der Waals surface area contributed by atoms with E-state index >= 15 is 0 Å². The summed E-state index contributed by atoms with van der Waals surface area (Å²) < 4.78 is 61.6. The molecule has 0 aliphatic carbocycles. The molecule has 0 amide bonds. The van der Waals surface area contributed by atoms with Crippen molar-refractivity contribution < 1.29 is 32.3 Å². The first kappa shape index (κ1) is 26.5. The highest BCUT2D eigenvalue weighted by Crippen LogP contribution is 2.47. The molecule has 11 heteroatoms. The Balaban J connectivity index is 1.82. The summed E-state index contributed by atoms with van der Waals surface area (Å²) in [4.78, 5) is 13.9. The van der Waals surface area contributed by atoms with Crippen molar-refractivity contribution in [2.24, 2.45) is 0 Å². The maximum atomic E-state index is 14.0. The molecule has 0 saturated carbocycles. The van der Waals surface area contributed by atoms with Gasteiger partial charge in [0.1, 0.15) is 17.3 Å². The molecule has 1 aromatic heterocycles. The number of rotatable bonds is 8. The Morgan fingerprint density at radius 3 is 2.43 bits per heavy atom. The second kappa shape index (κ2) is 9.71. The van der Waals surface area contributed by atoms with Gasteiger partial charge in [0, 0.05) is 34.1 Å². The van der Waals surface area contributed by atoms with Crippen molar-refractivity contribution in [2.75, 3.05) is 19.7 Å². The van der Waals surface area contributed by atoms with Crippen molar-refractivity contribution in [3.8, 4) is 17.0 Å². The second-order valence-electron chi connectivity index (χ2n) is 9.45. The lowest BCUT2D eigenvalue weighted by atomic mass is 9.82. The highest BCUT2D eigenvalue weighted by Gasteiger charge is 2.61. The third-order valence-corrected chi connectivity index (χ3v) is 6.62. The van der Waals surface area contributed by atoms with Crippen LogP contribution < -0.4 is 10.1 Å². The number of halogens is 4. The molecule has 0 saturated heterocycles. The molecule has 0 radical (unpaired) electrons. The first-order valence-corrected chi connectivity index (χ1v) is 11.5. The van der Waals surface area contributed by atoms with Gasteiger partial charge < -0.3 is 15.2 Å². The van der Waals surface area contributed by atoms with Crippen LogP contribution in [-0.4, -0.2) is 40.9 Å². The van der Waals surface area contributed by atoms with E-state index in [4.69, 9.17) is 4.74 Å². The van der Waals surface area contributed by atoms with Crippen LogP contribution in [0, 0.1) is 15.9 Å². The summed E-state index contributed by atoms with van der Waals surface area (Å²) in [5.41, 5.74) is -4.18.